The van der Waals surface area contributed by atoms with E-state index in [1.54, 1.807) is 18.2 Å². The van der Waals surface area contributed by atoms with Crippen LogP contribution in [0, 0.1) is 5.82 Å². The summed E-state index contributed by atoms with van der Waals surface area (Å²) in [5, 5.41) is 0. The van der Waals surface area contributed by atoms with Crippen LogP contribution in [0.5, 0.6) is 0 Å². The van der Waals surface area contributed by atoms with Gasteiger partial charge in [0.05, 0.1) is 10.5 Å². The topological polar surface area (TPSA) is 51.2 Å². The minimum absolute atomic E-state index is 0.0182. The molecular formula is C14H10BrFO3S. The SMILES string of the molecule is O=C(CS(=O)(=O)c1ccccc1Br)c1ccccc1F. The maximum atomic E-state index is 13.5. The van der Waals surface area contributed by atoms with E-state index in [1.165, 1.54) is 24.3 Å². The van der Waals surface area contributed by atoms with Gasteiger partial charge in [0.2, 0.25) is 0 Å². The highest BCUT2D eigenvalue weighted by Gasteiger charge is 2.23. The van der Waals surface area contributed by atoms with Crippen LogP contribution in [0.1, 0.15) is 10.4 Å². The third kappa shape index (κ3) is 3.13. The Kier molecular flexibility index (Phi) is 4.35. The van der Waals surface area contributed by atoms with Gasteiger partial charge in [-0.25, -0.2) is 12.8 Å². The van der Waals surface area contributed by atoms with Crippen LogP contribution in [0.25, 0.3) is 0 Å². The number of sulfone groups is 1. The van der Waals surface area contributed by atoms with Crippen molar-refractivity contribution in [1.82, 2.24) is 0 Å². The van der Waals surface area contributed by atoms with Gasteiger partial charge in [-0.3, -0.25) is 4.79 Å². The van der Waals surface area contributed by atoms with Crippen LogP contribution >= 0.6 is 15.9 Å². The van der Waals surface area contributed by atoms with E-state index in [2.05, 4.69) is 15.9 Å². The zero-order valence-corrected chi connectivity index (χ0v) is 12.6. The van der Waals surface area contributed by atoms with Gasteiger partial charge in [0.25, 0.3) is 0 Å². The van der Waals surface area contributed by atoms with E-state index in [9.17, 15) is 17.6 Å². The molecule has 0 saturated carbocycles. The van der Waals surface area contributed by atoms with Crippen LogP contribution in [-0.4, -0.2) is 20.0 Å². The summed E-state index contributed by atoms with van der Waals surface area (Å²) in [5.41, 5.74) is -0.219. The molecule has 0 N–H and O–H groups in total. The first-order valence-electron chi connectivity index (χ1n) is 5.67. The molecule has 6 heteroatoms. The number of rotatable bonds is 4. The predicted molar refractivity (Wildman–Crippen MR) is 76.9 cm³/mol. The van der Waals surface area contributed by atoms with Gasteiger partial charge < -0.3 is 0 Å². The first-order valence-corrected chi connectivity index (χ1v) is 8.11. The molecule has 0 unspecified atom stereocenters. The van der Waals surface area contributed by atoms with Gasteiger partial charge in [-0.15, -0.1) is 0 Å². The maximum Gasteiger partial charge on any atom is 0.186 e. The molecular weight excluding hydrogens is 347 g/mol. The maximum absolute atomic E-state index is 13.5. The van der Waals surface area contributed by atoms with Gasteiger partial charge in [0.15, 0.2) is 15.6 Å². The van der Waals surface area contributed by atoms with Crippen LogP contribution in [-0.2, 0) is 9.84 Å². The van der Waals surface area contributed by atoms with Crippen molar-refractivity contribution >= 4 is 31.6 Å². The van der Waals surface area contributed by atoms with Gasteiger partial charge in [-0.2, -0.15) is 0 Å². The quantitative estimate of drug-likeness (QED) is 0.790. The minimum Gasteiger partial charge on any atom is -0.293 e. The summed E-state index contributed by atoms with van der Waals surface area (Å²) in [5.74, 6) is -2.25. The van der Waals surface area contributed by atoms with Crippen molar-refractivity contribution in [3.63, 3.8) is 0 Å². The highest BCUT2D eigenvalue weighted by atomic mass is 79.9. The van der Waals surface area contributed by atoms with Crippen molar-refractivity contribution in [3.8, 4) is 0 Å². The molecule has 0 radical (unpaired) electrons. The molecule has 2 aromatic carbocycles. The van der Waals surface area contributed by atoms with Crippen LogP contribution < -0.4 is 0 Å². The molecule has 0 aliphatic rings. The Morgan fingerprint density at radius 2 is 1.65 bits per heavy atom. The van der Waals surface area contributed by atoms with Gasteiger partial charge in [-0.05, 0) is 40.2 Å². The number of Topliss-reactive ketones (excluding diaryl/α,β-unsaturated/α-hetero) is 1. The molecule has 0 spiro atoms. The standard InChI is InChI=1S/C14H10BrFO3S/c15-11-6-2-4-8-14(11)20(18,19)9-13(17)10-5-1-3-7-12(10)16/h1-8H,9H2. The van der Waals surface area contributed by atoms with Crippen molar-refractivity contribution in [2.24, 2.45) is 0 Å². The third-order valence-electron chi connectivity index (χ3n) is 2.67. The zero-order valence-electron chi connectivity index (χ0n) is 10.2. The molecule has 0 amide bonds. The lowest BCUT2D eigenvalue weighted by Crippen LogP contribution is -2.17. The summed E-state index contributed by atoms with van der Waals surface area (Å²) >= 11 is 3.13. The normalized spacial score (nSPS) is 11.3. The first-order chi connectivity index (χ1) is 9.42. The Hall–Kier alpha value is -1.53. The fraction of sp³-hybridized carbons (Fsp3) is 0.0714. The van der Waals surface area contributed by atoms with E-state index in [0.29, 0.717) is 4.47 Å². The summed E-state index contributed by atoms with van der Waals surface area (Å²) in [7, 11) is -3.82. The third-order valence-corrected chi connectivity index (χ3v) is 5.29. The van der Waals surface area contributed by atoms with Crippen molar-refractivity contribution in [1.29, 1.82) is 0 Å². The van der Waals surface area contributed by atoms with E-state index in [0.717, 1.165) is 6.07 Å². The van der Waals surface area contributed by atoms with E-state index in [-0.39, 0.29) is 10.5 Å². The van der Waals surface area contributed by atoms with Gasteiger partial charge in [-0.1, -0.05) is 24.3 Å². The Balaban J connectivity index is 2.33. The molecule has 3 nitrogen and oxygen atoms in total. The highest BCUT2D eigenvalue weighted by Crippen LogP contribution is 2.23. The molecule has 0 aliphatic heterocycles. The Morgan fingerprint density at radius 3 is 2.30 bits per heavy atom. The second-order valence-electron chi connectivity index (χ2n) is 4.09. The molecule has 0 fully saturated rings. The van der Waals surface area contributed by atoms with Crippen molar-refractivity contribution in [2.75, 3.05) is 5.75 Å². The molecule has 104 valence electrons. The lowest BCUT2D eigenvalue weighted by Gasteiger charge is -2.06. The van der Waals surface area contributed by atoms with Crippen LogP contribution in [0.2, 0.25) is 0 Å². The molecule has 2 aromatic rings. The molecule has 20 heavy (non-hydrogen) atoms. The summed E-state index contributed by atoms with van der Waals surface area (Å²) < 4.78 is 38.2. The van der Waals surface area contributed by atoms with Gasteiger partial charge in [0.1, 0.15) is 11.6 Å². The van der Waals surface area contributed by atoms with Crippen LogP contribution in [0.15, 0.2) is 57.9 Å². The fourth-order valence-electron chi connectivity index (χ4n) is 1.71. The monoisotopic (exact) mass is 356 g/mol. The molecule has 2 rings (SSSR count). The average molecular weight is 357 g/mol. The number of ketones is 1. The number of carbonyl (C=O) groups excluding carboxylic acids is 1. The zero-order chi connectivity index (χ0) is 14.8. The number of hydrogen-bond acceptors (Lipinski definition) is 3. The fourth-order valence-corrected chi connectivity index (χ4v) is 4.04. The largest absolute Gasteiger partial charge is 0.293 e. The number of benzene rings is 2. The number of hydrogen-bond donors (Lipinski definition) is 0. The van der Waals surface area contributed by atoms with Gasteiger partial charge in [0, 0.05) is 4.47 Å². The number of carbonyl (C=O) groups is 1. The van der Waals surface area contributed by atoms with Crippen LogP contribution in [0.3, 0.4) is 0 Å². The second-order valence-corrected chi connectivity index (χ2v) is 6.90. The molecule has 0 saturated heterocycles. The molecule has 0 aromatic heterocycles. The Morgan fingerprint density at radius 1 is 1.05 bits per heavy atom. The van der Waals surface area contributed by atoms with Crippen molar-refractivity contribution in [2.45, 2.75) is 4.90 Å². The molecule has 0 atom stereocenters. The van der Waals surface area contributed by atoms with Crippen LogP contribution in [0.4, 0.5) is 4.39 Å². The lowest BCUT2D eigenvalue weighted by molar-refractivity contribution is 0.101. The Bertz CT molecular complexity index is 757. The van der Waals surface area contributed by atoms with Gasteiger partial charge >= 0.3 is 0 Å². The van der Waals surface area contributed by atoms with E-state index in [4.69, 9.17) is 0 Å². The number of halogens is 2. The van der Waals surface area contributed by atoms with Crippen molar-refractivity contribution in [3.05, 3.63) is 64.4 Å². The summed E-state index contributed by atoms with van der Waals surface area (Å²) in [6, 6.07) is 11.5. The summed E-state index contributed by atoms with van der Waals surface area (Å²) in [6.45, 7) is 0. The summed E-state index contributed by atoms with van der Waals surface area (Å²) in [4.78, 5) is 11.9. The van der Waals surface area contributed by atoms with Crippen molar-refractivity contribution < 1.29 is 17.6 Å². The average Bonchev–Trinajstić information content (AvgIpc) is 2.38. The summed E-state index contributed by atoms with van der Waals surface area (Å²) in [6.07, 6.45) is 0. The van der Waals surface area contributed by atoms with E-state index >= 15 is 0 Å². The molecule has 0 aliphatic carbocycles. The minimum atomic E-state index is -3.82. The molecule has 0 heterocycles. The predicted octanol–water partition coefficient (Wildman–Crippen LogP) is 3.24. The van der Waals surface area contributed by atoms with E-state index < -0.39 is 27.2 Å². The lowest BCUT2D eigenvalue weighted by atomic mass is 10.1. The molecule has 0 bridgehead atoms. The van der Waals surface area contributed by atoms with E-state index in [1.807, 2.05) is 0 Å². The smallest absolute Gasteiger partial charge is 0.186 e. The second kappa shape index (κ2) is 5.85. The first kappa shape index (κ1) is 14.9. The highest BCUT2D eigenvalue weighted by molar-refractivity contribution is 9.10. The Labute approximate surface area is 124 Å².